The maximum Gasteiger partial charge on any atom is 0.267 e. The summed E-state index contributed by atoms with van der Waals surface area (Å²) < 4.78 is 0. The van der Waals surface area contributed by atoms with Crippen LogP contribution in [-0.2, 0) is 4.79 Å². The molecule has 5 heteroatoms. The van der Waals surface area contributed by atoms with Crippen molar-refractivity contribution in [2.75, 3.05) is 11.9 Å². The number of hydrogen-bond acceptors (Lipinski definition) is 4. The molecule has 0 spiro atoms. The Hall–Kier alpha value is -2.61. The molecule has 116 valence electrons. The van der Waals surface area contributed by atoms with E-state index < -0.39 is 5.91 Å². The van der Waals surface area contributed by atoms with Gasteiger partial charge < -0.3 is 10.6 Å². The zero-order valence-electron chi connectivity index (χ0n) is 13.1. The van der Waals surface area contributed by atoms with Crippen molar-refractivity contribution in [1.82, 2.24) is 5.32 Å². The summed E-state index contributed by atoms with van der Waals surface area (Å²) in [4.78, 5) is 23.3. The van der Waals surface area contributed by atoms with Gasteiger partial charge in [0.2, 0.25) is 0 Å². The maximum atomic E-state index is 12.0. The molecule has 1 aromatic carbocycles. The molecule has 0 saturated heterocycles. The summed E-state index contributed by atoms with van der Waals surface area (Å²) in [5.41, 5.74) is 0.994. The highest BCUT2D eigenvalue weighted by Crippen LogP contribution is 2.12. The van der Waals surface area contributed by atoms with E-state index in [0.717, 1.165) is 6.42 Å². The van der Waals surface area contributed by atoms with Crippen molar-refractivity contribution in [1.29, 1.82) is 5.26 Å². The molecule has 0 fully saturated rings. The lowest BCUT2D eigenvalue weighted by Crippen LogP contribution is -2.18. The first kappa shape index (κ1) is 17.4. The number of anilines is 1. The molecule has 22 heavy (non-hydrogen) atoms. The van der Waals surface area contributed by atoms with Crippen LogP contribution >= 0.6 is 0 Å². The molecule has 1 amide bonds. The summed E-state index contributed by atoms with van der Waals surface area (Å²) in [5.74, 6) is -0.0302. The van der Waals surface area contributed by atoms with E-state index in [1.807, 2.05) is 6.07 Å². The van der Waals surface area contributed by atoms with Gasteiger partial charge in [-0.2, -0.15) is 5.26 Å². The number of amides is 1. The van der Waals surface area contributed by atoms with Gasteiger partial charge in [0.25, 0.3) is 5.91 Å². The molecule has 0 aromatic heterocycles. The molecule has 0 radical (unpaired) electrons. The quantitative estimate of drug-likeness (QED) is 0.351. The molecule has 1 aromatic rings. The Labute approximate surface area is 131 Å². The minimum Gasteiger partial charge on any atom is -0.390 e. The molecule has 0 atom stereocenters. The van der Waals surface area contributed by atoms with E-state index in [1.54, 1.807) is 24.3 Å². The van der Waals surface area contributed by atoms with Crippen LogP contribution in [0.4, 0.5) is 5.69 Å². The van der Waals surface area contributed by atoms with Gasteiger partial charge >= 0.3 is 0 Å². The molecule has 0 bridgehead atoms. The van der Waals surface area contributed by atoms with E-state index in [0.29, 0.717) is 23.7 Å². The Morgan fingerprint density at radius 3 is 2.68 bits per heavy atom. The number of carbonyl (C=O) groups is 2. The fraction of sp³-hybridized carbons (Fsp3) is 0.353. The van der Waals surface area contributed by atoms with E-state index in [9.17, 15) is 9.59 Å². The average molecular weight is 299 g/mol. The van der Waals surface area contributed by atoms with Crippen molar-refractivity contribution < 1.29 is 9.59 Å². The third kappa shape index (κ3) is 5.80. The number of benzene rings is 1. The molecule has 1 rings (SSSR count). The smallest absolute Gasteiger partial charge is 0.267 e. The van der Waals surface area contributed by atoms with Crippen molar-refractivity contribution in [2.24, 2.45) is 5.92 Å². The van der Waals surface area contributed by atoms with Crippen molar-refractivity contribution in [3.8, 4) is 6.07 Å². The normalized spacial score (nSPS) is 11.0. The highest BCUT2D eigenvalue weighted by atomic mass is 16.1. The third-order valence-corrected chi connectivity index (χ3v) is 3.00. The summed E-state index contributed by atoms with van der Waals surface area (Å²) in [7, 11) is 0. The lowest BCUT2D eigenvalue weighted by atomic mass is 10.1. The molecule has 2 N–H and O–H groups in total. The number of rotatable bonds is 7. The molecular weight excluding hydrogens is 278 g/mol. The maximum absolute atomic E-state index is 12.0. The van der Waals surface area contributed by atoms with Gasteiger partial charge in [0, 0.05) is 24.0 Å². The number of Topliss-reactive ketones (excluding diaryl/α,β-unsaturated/α-hetero) is 1. The average Bonchev–Trinajstić information content (AvgIpc) is 2.47. The van der Waals surface area contributed by atoms with Gasteiger partial charge in [-0.1, -0.05) is 26.0 Å². The highest BCUT2D eigenvalue weighted by molar-refractivity contribution is 6.07. The molecular formula is C17H21N3O2. The van der Waals surface area contributed by atoms with E-state index in [4.69, 9.17) is 5.26 Å². The molecule has 0 saturated carbocycles. The van der Waals surface area contributed by atoms with Crippen molar-refractivity contribution in [2.45, 2.75) is 27.2 Å². The monoisotopic (exact) mass is 299 g/mol. The van der Waals surface area contributed by atoms with Gasteiger partial charge in [-0.3, -0.25) is 9.59 Å². The highest BCUT2D eigenvalue weighted by Gasteiger charge is 2.10. The second kappa shape index (κ2) is 8.63. The van der Waals surface area contributed by atoms with Crippen LogP contribution in [-0.4, -0.2) is 18.2 Å². The Morgan fingerprint density at radius 1 is 1.36 bits per heavy atom. The van der Waals surface area contributed by atoms with Crippen LogP contribution in [0.15, 0.2) is 36.0 Å². The van der Waals surface area contributed by atoms with Crippen LogP contribution in [0, 0.1) is 17.2 Å². The molecule has 0 unspecified atom stereocenters. The van der Waals surface area contributed by atoms with Gasteiger partial charge in [0.15, 0.2) is 5.78 Å². The standard InChI is InChI=1S/C17H21N3O2/c1-12(2)7-8-19-11-15(10-18)17(22)20-16-6-4-5-14(9-16)13(3)21/h4-6,9,11-12,19H,7-8H2,1-3H3,(H,20,22)/b15-11-. The first-order valence-corrected chi connectivity index (χ1v) is 7.20. The van der Waals surface area contributed by atoms with Gasteiger partial charge in [-0.25, -0.2) is 0 Å². The van der Waals surface area contributed by atoms with Gasteiger partial charge in [0.05, 0.1) is 0 Å². The largest absolute Gasteiger partial charge is 0.390 e. The first-order valence-electron chi connectivity index (χ1n) is 7.20. The third-order valence-electron chi connectivity index (χ3n) is 3.00. The van der Waals surface area contributed by atoms with Gasteiger partial charge in [-0.05, 0) is 31.4 Å². The van der Waals surface area contributed by atoms with Crippen LogP contribution in [0.3, 0.4) is 0 Å². The number of nitrogens with one attached hydrogen (secondary N) is 2. The van der Waals surface area contributed by atoms with Crippen molar-refractivity contribution in [3.05, 3.63) is 41.6 Å². The van der Waals surface area contributed by atoms with E-state index >= 15 is 0 Å². The molecule has 0 aliphatic carbocycles. The molecule has 0 aliphatic heterocycles. The number of hydrogen-bond donors (Lipinski definition) is 2. The zero-order chi connectivity index (χ0) is 16.5. The minimum absolute atomic E-state index is 0.00279. The second-order valence-electron chi connectivity index (χ2n) is 5.40. The topological polar surface area (TPSA) is 82.0 Å². The SMILES string of the molecule is CC(=O)c1cccc(NC(=O)/C(C#N)=C\NCCC(C)C)c1. The predicted molar refractivity (Wildman–Crippen MR) is 86.2 cm³/mol. The summed E-state index contributed by atoms with van der Waals surface area (Å²) in [6, 6.07) is 8.48. The lowest BCUT2D eigenvalue weighted by molar-refractivity contribution is -0.112. The molecule has 0 heterocycles. The number of nitriles is 1. The summed E-state index contributed by atoms with van der Waals surface area (Å²) in [6.45, 7) is 6.37. The van der Waals surface area contributed by atoms with E-state index in [-0.39, 0.29) is 11.4 Å². The van der Waals surface area contributed by atoms with Gasteiger partial charge in [0.1, 0.15) is 11.6 Å². The second-order valence-corrected chi connectivity index (χ2v) is 5.40. The molecule has 0 aliphatic rings. The number of nitrogens with zero attached hydrogens (tertiary/aromatic N) is 1. The van der Waals surface area contributed by atoms with Gasteiger partial charge in [-0.15, -0.1) is 0 Å². The summed E-state index contributed by atoms with van der Waals surface area (Å²) >= 11 is 0. The Morgan fingerprint density at radius 2 is 2.09 bits per heavy atom. The van der Waals surface area contributed by atoms with Crippen LogP contribution in [0.25, 0.3) is 0 Å². The molecule has 5 nitrogen and oxygen atoms in total. The lowest BCUT2D eigenvalue weighted by Gasteiger charge is -2.07. The van der Waals surface area contributed by atoms with E-state index in [1.165, 1.54) is 13.1 Å². The zero-order valence-corrected chi connectivity index (χ0v) is 13.1. The summed E-state index contributed by atoms with van der Waals surface area (Å²) in [6.07, 6.45) is 2.38. The number of carbonyl (C=O) groups excluding carboxylic acids is 2. The van der Waals surface area contributed by atoms with Crippen LogP contribution in [0.1, 0.15) is 37.6 Å². The predicted octanol–water partition coefficient (Wildman–Crippen LogP) is 2.87. The minimum atomic E-state index is -0.500. The summed E-state index contributed by atoms with van der Waals surface area (Å²) in [5, 5.41) is 14.6. The first-order chi connectivity index (χ1) is 10.4. The van der Waals surface area contributed by atoms with E-state index in [2.05, 4.69) is 24.5 Å². The van der Waals surface area contributed by atoms with Crippen LogP contribution < -0.4 is 10.6 Å². The fourth-order valence-corrected chi connectivity index (χ4v) is 1.71. The van der Waals surface area contributed by atoms with Crippen LogP contribution in [0.2, 0.25) is 0 Å². The Balaban J connectivity index is 2.69. The van der Waals surface area contributed by atoms with Crippen molar-refractivity contribution >= 4 is 17.4 Å². The Kier molecular flexibility index (Phi) is 6.84. The number of ketones is 1. The Bertz CT molecular complexity index is 613. The van der Waals surface area contributed by atoms with Crippen LogP contribution in [0.5, 0.6) is 0 Å². The fourth-order valence-electron chi connectivity index (χ4n) is 1.71. The van der Waals surface area contributed by atoms with Crippen molar-refractivity contribution in [3.63, 3.8) is 0 Å².